The van der Waals surface area contributed by atoms with E-state index >= 15 is 4.39 Å². The summed E-state index contributed by atoms with van der Waals surface area (Å²) in [6, 6.07) is 5.91. The van der Waals surface area contributed by atoms with Crippen molar-refractivity contribution in [3.63, 3.8) is 0 Å². The number of ether oxygens (including phenoxy) is 2. The van der Waals surface area contributed by atoms with Crippen LogP contribution < -0.4 is 15.0 Å². The first-order valence-corrected chi connectivity index (χ1v) is 14.9. The number of piperazine rings is 1. The first kappa shape index (κ1) is 31.4. The van der Waals surface area contributed by atoms with E-state index in [4.69, 9.17) is 26.1 Å². The number of carbonyl (C=O) groups excluding carboxylic acids is 2. The Morgan fingerprint density at radius 3 is 2.61 bits per heavy atom. The van der Waals surface area contributed by atoms with Gasteiger partial charge in [-0.25, -0.2) is 24.1 Å². The molecule has 1 fully saturated rings. The second-order valence-electron chi connectivity index (χ2n) is 12.1. The Labute approximate surface area is 267 Å². The average molecular weight is 658 g/mol. The van der Waals surface area contributed by atoms with Crippen molar-refractivity contribution in [3.05, 3.63) is 65.0 Å². The van der Waals surface area contributed by atoms with Crippen molar-refractivity contribution in [3.8, 4) is 16.9 Å². The minimum Gasteiger partial charge on any atom is -0.444 e. The van der Waals surface area contributed by atoms with Gasteiger partial charge in [0.1, 0.15) is 23.0 Å². The third-order valence-electron chi connectivity index (χ3n) is 7.84. The molecule has 0 spiro atoms. The van der Waals surface area contributed by atoms with Crippen molar-refractivity contribution < 1.29 is 32.2 Å². The van der Waals surface area contributed by atoms with E-state index in [1.807, 2.05) is 0 Å². The Morgan fingerprint density at radius 1 is 1.20 bits per heavy atom. The number of carbonyl (C=O) groups is 2. The predicted molar refractivity (Wildman–Crippen MR) is 164 cm³/mol. The highest BCUT2D eigenvalue weighted by Gasteiger charge is 2.42. The van der Waals surface area contributed by atoms with Crippen molar-refractivity contribution in [1.82, 2.24) is 29.7 Å². The fourth-order valence-electron chi connectivity index (χ4n) is 5.85. The number of aromatic nitrogens is 4. The fraction of sp³-hybridized carbons (Fsp3) is 0.387. The van der Waals surface area contributed by atoms with Crippen molar-refractivity contribution >= 4 is 40.6 Å². The van der Waals surface area contributed by atoms with Crippen LogP contribution in [0.3, 0.4) is 0 Å². The molecule has 2 aromatic carbocycles. The van der Waals surface area contributed by atoms with Crippen LogP contribution in [0.4, 0.5) is 23.9 Å². The maximum Gasteiger partial charge on any atom is 0.410 e. The average Bonchev–Trinajstić information content (AvgIpc) is 3.52. The zero-order chi connectivity index (χ0) is 32.9. The number of alkyl halides is 2. The topological polar surface area (TPSA) is 115 Å². The van der Waals surface area contributed by atoms with Crippen LogP contribution in [-0.4, -0.2) is 75.3 Å². The maximum absolute atomic E-state index is 15.7. The van der Waals surface area contributed by atoms with Crippen LogP contribution >= 0.6 is 11.6 Å². The predicted octanol–water partition coefficient (Wildman–Crippen LogP) is 5.72. The van der Waals surface area contributed by atoms with Gasteiger partial charge in [-0.2, -0.15) is 8.78 Å². The van der Waals surface area contributed by atoms with E-state index in [0.717, 1.165) is 0 Å². The summed E-state index contributed by atoms with van der Waals surface area (Å²) in [5, 5.41) is 2.92. The molecule has 1 unspecified atom stereocenters. The summed E-state index contributed by atoms with van der Waals surface area (Å²) in [7, 11) is 1.56. The lowest BCUT2D eigenvalue weighted by Crippen LogP contribution is -2.48. The van der Waals surface area contributed by atoms with Crippen LogP contribution in [-0.2, 0) is 9.53 Å². The normalized spacial score (nSPS) is 18.1. The lowest BCUT2D eigenvalue weighted by molar-refractivity contribution is -0.120. The number of benzene rings is 2. The molecule has 46 heavy (non-hydrogen) atoms. The van der Waals surface area contributed by atoms with Crippen LogP contribution in [0.15, 0.2) is 42.7 Å². The number of imidazole rings is 1. The summed E-state index contributed by atoms with van der Waals surface area (Å²) in [5.74, 6) is -0.132. The summed E-state index contributed by atoms with van der Waals surface area (Å²) in [6.07, 6.45) is 2.53. The van der Waals surface area contributed by atoms with Gasteiger partial charge in [0, 0.05) is 66.7 Å². The molecule has 2 aliphatic rings. The second-order valence-corrected chi connectivity index (χ2v) is 12.5. The number of nitrogens with zero attached hydrogens (tertiary/aromatic N) is 6. The van der Waals surface area contributed by atoms with E-state index in [1.54, 1.807) is 49.4 Å². The fourth-order valence-corrected chi connectivity index (χ4v) is 6.14. The second kappa shape index (κ2) is 12.0. The quantitative estimate of drug-likeness (QED) is 0.280. The highest BCUT2D eigenvalue weighted by molar-refractivity contribution is 6.31. The molecule has 0 aliphatic carbocycles. The number of fused-ring (bicyclic) bond motifs is 3. The summed E-state index contributed by atoms with van der Waals surface area (Å²) >= 11 is 6.63. The molecular weight excluding hydrogens is 627 g/mol. The molecule has 6 rings (SSSR count). The van der Waals surface area contributed by atoms with Crippen molar-refractivity contribution in [1.29, 1.82) is 0 Å². The van der Waals surface area contributed by atoms with Gasteiger partial charge in [-0.15, -0.1) is 0 Å². The number of amides is 2. The zero-order valence-corrected chi connectivity index (χ0v) is 26.2. The lowest BCUT2D eigenvalue weighted by Gasteiger charge is -2.28. The third kappa shape index (κ3) is 6.00. The van der Waals surface area contributed by atoms with Gasteiger partial charge < -0.3 is 29.2 Å². The monoisotopic (exact) mass is 657 g/mol. The molecule has 2 aliphatic heterocycles. The van der Waals surface area contributed by atoms with Crippen LogP contribution in [0.5, 0.6) is 5.75 Å². The third-order valence-corrected chi connectivity index (χ3v) is 8.17. The smallest absolute Gasteiger partial charge is 0.410 e. The van der Waals surface area contributed by atoms with Crippen LogP contribution in [0, 0.1) is 5.82 Å². The molecule has 0 saturated carbocycles. The van der Waals surface area contributed by atoms with Gasteiger partial charge in [0.25, 0.3) is 0 Å². The molecule has 11 nitrogen and oxygen atoms in total. The van der Waals surface area contributed by atoms with Gasteiger partial charge >= 0.3 is 12.7 Å². The highest BCUT2D eigenvalue weighted by atomic mass is 35.5. The molecule has 1 saturated heterocycles. The molecule has 2 amide bonds. The Hall–Kier alpha value is -4.59. The summed E-state index contributed by atoms with van der Waals surface area (Å²) < 4.78 is 54.9. The van der Waals surface area contributed by atoms with Gasteiger partial charge in [-0.05, 0) is 39.0 Å². The Kier molecular flexibility index (Phi) is 8.17. The maximum atomic E-state index is 15.7. The standard InChI is InChI=1S/C31H31ClF3N7O4/c1-31(2,3)46-30(44)40(4)23-12-22(26-18(32)6-5-7-24(26)45-28(34)35)42-21-10-17(19(33)11-20(21)39-27(23)42)16-13-37-29(38-14-16)41-9-8-36-25(43)15-41/h5-7,10-11,13-14,22-23,28H,8-9,12,15H2,1-4H3,(H,36,43)/t22?,23-/m1/s1. The molecular formula is C31H31ClF3N7O4. The number of hydrogen-bond donors (Lipinski definition) is 1. The van der Waals surface area contributed by atoms with Crippen molar-refractivity contribution in [2.24, 2.45) is 0 Å². The minimum atomic E-state index is -3.11. The first-order chi connectivity index (χ1) is 21.8. The largest absolute Gasteiger partial charge is 0.444 e. The van der Waals surface area contributed by atoms with E-state index in [1.165, 1.54) is 35.5 Å². The van der Waals surface area contributed by atoms with Crippen LogP contribution in [0.25, 0.3) is 22.2 Å². The van der Waals surface area contributed by atoms with Crippen molar-refractivity contribution in [2.75, 3.05) is 31.6 Å². The van der Waals surface area contributed by atoms with E-state index in [-0.39, 0.29) is 46.3 Å². The summed E-state index contributed by atoms with van der Waals surface area (Å²) in [6.45, 7) is 3.23. The van der Waals surface area contributed by atoms with Gasteiger partial charge in [0.05, 0.1) is 29.7 Å². The lowest BCUT2D eigenvalue weighted by atomic mass is 10.00. The molecule has 0 radical (unpaired) electrons. The van der Waals surface area contributed by atoms with Gasteiger partial charge in [0.2, 0.25) is 11.9 Å². The van der Waals surface area contributed by atoms with Gasteiger partial charge in [-0.1, -0.05) is 17.7 Å². The van der Waals surface area contributed by atoms with Gasteiger partial charge in [-0.3, -0.25) is 4.79 Å². The summed E-state index contributed by atoms with van der Waals surface area (Å²) in [5.41, 5.74) is 0.787. The van der Waals surface area contributed by atoms with Gasteiger partial charge in [0.15, 0.2) is 0 Å². The van der Waals surface area contributed by atoms with E-state index < -0.39 is 36.2 Å². The Bertz CT molecular complexity index is 1810. The minimum absolute atomic E-state index is 0.112. The zero-order valence-electron chi connectivity index (χ0n) is 25.4. The van der Waals surface area contributed by atoms with E-state index in [9.17, 15) is 18.4 Å². The SMILES string of the molecule is CN(C(=O)OC(C)(C)C)[C@@H]1CC(c2c(Cl)cccc2OC(F)F)n2c1nc1cc(F)c(-c3cnc(N4CCNC(=O)C4)nc3)cc12. The molecule has 4 aromatic rings. The number of rotatable bonds is 6. The molecule has 15 heteroatoms. The van der Waals surface area contributed by atoms with E-state index in [0.29, 0.717) is 35.9 Å². The van der Waals surface area contributed by atoms with Crippen molar-refractivity contribution in [2.45, 2.75) is 51.5 Å². The molecule has 4 heterocycles. The summed E-state index contributed by atoms with van der Waals surface area (Å²) in [4.78, 5) is 41.5. The molecule has 2 aromatic heterocycles. The molecule has 2 atom stereocenters. The Morgan fingerprint density at radius 2 is 1.93 bits per heavy atom. The van der Waals surface area contributed by atoms with E-state index in [2.05, 4.69) is 15.3 Å². The highest BCUT2D eigenvalue weighted by Crippen LogP contribution is 2.49. The first-order valence-electron chi connectivity index (χ1n) is 14.5. The number of nitrogens with one attached hydrogen (secondary N) is 1. The number of hydrogen-bond acceptors (Lipinski definition) is 8. The molecule has 0 bridgehead atoms. The number of anilines is 1. The Balaban J connectivity index is 1.46. The molecule has 1 N–H and O–H groups in total. The molecule has 242 valence electrons. The number of halogens is 4. The van der Waals surface area contributed by atoms with Crippen LogP contribution in [0.1, 0.15) is 50.7 Å². The van der Waals surface area contributed by atoms with Crippen LogP contribution in [0.2, 0.25) is 5.02 Å².